The molecule has 0 radical (unpaired) electrons. The van der Waals surface area contributed by atoms with E-state index in [-0.39, 0.29) is 18.9 Å². The number of nitrogens with one attached hydrogen (secondary N) is 1. The fraction of sp³-hybridized carbons (Fsp3) is 0.381. The number of fused-ring (bicyclic) bond motifs is 1. The minimum absolute atomic E-state index is 0.160. The quantitative estimate of drug-likeness (QED) is 0.687. The van der Waals surface area contributed by atoms with Gasteiger partial charge >= 0.3 is 0 Å². The van der Waals surface area contributed by atoms with E-state index >= 15 is 0 Å². The minimum Gasteiger partial charge on any atom is -0.495 e. The molecule has 1 heterocycles. The molecule has 1 amide bonds. The predicted molar refractivity (Wildman–Crippen MR) is 115 cm³/mol. The summed E-state index contributed by atoms with van der Waals surface area (Å²) in [6, 6.07) is 10.5. The fourth-order valence-corrected chi connectivity index (χ4v) is 4.15. The molecule has 0 aliphatic carbocycles. The van der Waals surface area contributed by atoms with Gasteiger partial charge in [0.15, 0.2) is 11.5 Å². The molecule has 9 heteroatoms. The van der Waals surface area contributed by atoms with Crippen molar-refractivity contribution in [2.45, 2.75) is 19.8 Å². The number of nitrogens with zero attached hydrogens (tertiary/aromatic N) is 1. The summed E-state index contributed by atoms with van der Waals surface area (Å²) in [7, 11) is -1.99. The van der Waals surface area contributed by atoms with Crippen LogP contribution in [0.2, 0.25) is 0 Å². The highest BCUT2D eigenvalue weighted by atomic mass is 32.2. The molecule has 1 aliphatic rings. The molecule has 0 fully saturated rings. The molecule has 2 aromatic rings. The van der Waals surface area contributed by atoms with Gasteiger partial charge in [0.25, 0.3) is 0 Å². The normalized spacial score (nSPS) is 12.9. The highest BCUT2D eigenvalue weighted by molar-refractivity contribution is 7.92. The van der Waals surface area contributed by atoms with Gasteiger partial charge < -0.3 is 19.5 Å². The van der Waals surface area contributed by atoms with Crippen molar-refractivity contribution >= 4 is 27.3 Å². The van der Waals surface area contributed by atoms with Gasteiger partial charge in [-0.3, -0.25) is 9.10 Å². The molecule has 3 rings (SSSR count). The van der Waals surface area contributed by atoms with E-state index in [1.165, 1.54) is 11.4 Å². The molecule has 0 saturated carbocycles. The zero-order valence-corrected chi connectivity index (χ0v) is 18.1. The van der Waals surface area contributed by atoms with E-state index in [2.05, 4.69) is 5.32 Å². The van der Waals surface area contributed by atoms with Gasteiger partial charge in [-0.15, -0.1) is 0 Å². The van der Waals surface area contributed by atoms with Crippen molar-refractivity contribution in [1.29, 1.82) is 0 Å². The molecule has 0 atom stereocenters. The zero-order valence-electron chi connectivity index (χ0n) is 17.3. The van der Waals surface area contributed by atoms with Crippen molar-refractivity contribution in [3.05, 3.63) is 42.0 Å². The Labute approximate surface area is 176 Å². The van der Waals surface area contributed by atoms with Gasteiger partial charge in [0.2, 0.25) is 15.9 Å². The number of carbonyl (C=O) groups excluding carboxylic acids is 1. The molecule has 30 heavy (non-hydrogen) atoms. The number of rotatable bonds is 8. The van der Waals surface area contributed by atoms with Crippen LogP contribution in [-0.4, -0.2) is 47.4 Å². The summed E-state index contributed by atoms with van der Waals surface area (Å²) < 4.78 is 42.2. The van der Waals surface area contributed by atoms with Crippen LogP contribution in [0, 0.1) is 6.92 Å². The van der Waals surface area contributed by atoms with Crippen LogP contribution in [0.15, 0.2) is 36.4 Å². The maximum absolute atomic E-state index is 12.4. The van der Waals surface area contributed by atoms with E-state index in [4.69, 9.17) is 14.2 Å². The second-order valence-electron chi connectivity index (χ2n) is 7.02. The lowest BCUT2D eigenvalue weighted by Crippen LogP contribution is -2.31. The molecule has 0 spiro atoms. The summed E-state index contributed by atoms with van der Waals surface area (Å²) in [6.45, 7) is 2.96. The molecule has 0 unspecified atom stereocenters. The number of aryl methyl sites for hydroxylation is 1. The number of benzene rings is 2. The lowest BCUT2D eigenvalue weighted by molar-refractivity contribution is -0.116. The molecule has 0 bridgehead atoms. The van der Waals surface area contributed by atoms with Crippen molar-refractivity contribution < 1.29 is 27.4 Å². The van der Waals surface area contributed by atoms with Crippen molar-refractivity contribution in [3.63, 3.8) is 0 Å². The minimum atomic E-state index is -3.53. The van der Waals surface area contributed by atoms with E-state index in [1.54, 1.807) is 24.3 Å². The van der Waals surface area contributed by atoms with E-state index in [9.17, 15) is 13.2 Å². The highest BCUT2D eigenvalue weighted by Gasteiger charge is 2.21. The second kappa shape index (κ2) is 9.25. The lowest BCUT2D eigenvalue weighted by Gasteiger charge is -2.25. The molecular formula is C21H26N2O6S. The monoisotopic (exact) mass is 434 g/mol. The first kappa shape index (κ1) is 21.8. The predicted octanol–water partition coefficient (Wildman–Crippen LogP) is 2.96. The van der Waals surface area contributed by atoms with Crippen LogP contribution in [0.1, 0.15) is 18.4 Å². The Morgan fingerprint density at radius 1 is 1.13 bits per heavy atom. The Morgan fingerprint density at radius 2 is 1.87 bits per heavy atom. The molecular weight excluding hydrogens is 408 g/mol. The first-order valence-electron chi connectivity index (χ1n) is 9.60. The van der Waals surface area contributed by atoms with Crippen LogP contribution in [0.25, 0.3) is 0 Å². The summed E-state index contributed by atoms with van der Waals surface area (Å²) >= 11 is 0. The largest absolute Gasteiger partial charge is 0.495 e. The number of sulfonamides is 1. The van der Waals surface area contributed by atoms with E-state index in [1.807, 2.05) is 19.1 Å². The molecule has 1 N–H and O–H groups in total. The van der Waals surface area contributed by atoms with Crippen LogP contribution < -0.4 is 23.8 Å². The van der Waals surface area contributed by atoms with Crippen molar-refractivity contribution in [2.24, 2.45) is 0 Å². The molecule has 1 aliphatic heterocycles. The summed E-state index contributed by atoms with van der Waals surface area (Å²) in [5.41, 5.74) is 2.06. The number of carbonyl (C=O) groups is 1. The van der Waals surface area contributed by atoms with Gasteiger partial charge in [-0.1, -0.05) is 6.07 Å². The van der Waals surface area contributed by atoms with Crippen LogP contribution >= 0.6 is 0 Å². The Bertz CT molecular complexity index is 1020. The third-order valence-corrected chi connectivity index (χ3v) is 5.80. The molecule has 2 aromatic carbocycles. The van der Waals surface area contributed by atoms with Gasteiger partial charge in [0.1, 0.15) is 19.0 Å². The van der Waals surface area contributed by atoms with Gasteiger partial charge in [-0.25, -0.2) is 8.42 Å². The number of ether oxygens (including phenoxy) is 3. The fourth-order valence-electron chi connectivity index (χ4n) is 3.19. The standard InChI is InChI=1S/C21H26N2O6S/c1-15-6-8-18(27-2)17(13-15)22-21(24)5-4-10-23(30(3,25)26)16-7-9-19-20(14-16)29-12-11-28-19/h6-9,13-14H,4-5,10-12H2,1-3H3,(H,22,24). The summed E-state index contributed by atoms with van der Waals surface area (Å²) in [6.07, 6.45) is 1.65. The first-order chi connectivity index (χ1) is 14.3. The van der Waals surface area contributed by atoms with Crippen LogP contribution in [0.3, 0.4) is 0 Å². The maximum Gasteiger partial charge on any atom is 0.232 e. The molecule has 0 saturated heterocycles. The van der Waals surface area contributed by atoms with Crippen molar-refractivity contribution in [2.75, 3.05) is 42.7 Å². The molecule has 0 aromatic heterocycles. The van der Waals surface area contributed by atoms with E-state index in [0.29, 0.717) is 48.3 Å². The Hall–Kier alpha value is -2.94. The zero-order chi connectivity index (χ0) is 21.7. The number of methoxy groups -OCH3 is 1. The van der Waals surface area contributed by atoms with Gasteiger partial charge in [-0.05, 0) is 43.2 Å². The van der Waals surface area contributed by atoms with E-state index in [0.717, 1.165) is 11.8 Å². The first-order valence-corrected chi connectivity index (χ1v) is 11.4. The number of anilines is 2. The Kier molecular flexibility index (Phi) is 6.71. The van der Waals surface area contributed by atoms with Crippen molar-refractivity contribution in [1.82, 2.24) is 0 Å². The third kappa shape index (κ3) is 5.35. The maximum atomic E-state index is 12.4. The molecule has 8 nitrogen and oxygen atoms in total. The topological polar surface area (TPSA) is 94.2 Å². The Balaban J connectivity index is 1.65. The molecule has 162 valence electrons. The van der Waals surface area contributed by atoms with E-state index < -0.39 is 10.0 Å². The van der Waals surface area contributed by atoms with Crippen molar-refractivity contribution in [3.8, 4) is 17.2 Å². The van der Waals surface area contributed by atoms with Gasteiger partial charge in [0.05, 0.1) is 24.7 Å². The van der Waals surface area contributed by atoms with Gasteiger partial charge in [-0.2, -0.15) is 0 Å². The van der Waals surface area contributed by atoms with Crippen LogP contribution in [-0.2, 0) is 14.8 Å². The Morgan fingerprint density at radius 3 is 2.57 bits per heavy atom. The smallest absolute Gasteiger partial charge is 0.232 e. The average molecular weight is 435 g/mol. The SMILES string of the molecule is COc1ccc(C)cc1NC(=O)CCCN(c1ccc2c(c1)OCCO2)S(C)(=O)=O. The van der Waals surface area contributed by atoms with Gasteiger partial charge in [0, 0.05) is 19.0 Å². The second-order valence-corrected chi connectivity index (χ2v) is 8.93. The lowest BCUT2D eigenvalue weighted by atomic mass is 10.2. The summed E-state index contributed by atoms with van der Waals surface area (Å²) in [5, 5.41) is 2.83. The third-order valence-electron chi connectivity index (χ3n) is 4.61. The summed E-state index contributed by atoms with van der Waals surface area (Å²) in [4.78, 5) is 12.4. The van der Waals surface area contributed by atoms with Crippen LogP contribution in [0.4, 0.5) is 11.4 Å². The van der Waals surface area contributed by atoms with Crippen LogP contribution in [0.5, 0.6) is 17.2 Å². The highest BCUT2D eigenvalue weighted by Crippen LogP contribution is 2.34. The summed E-state index contributed by atoms with van der Waals surface area (Å²) in [5.74, 6) is 1.46. The number of amides is 1. The number of hydrogen-bond acceptors (Lipinski definition) is 6. The average Bonchev–Trinajstić information content (AvgIpc) is 2.70. The number of hydrogen-bond donors (Lipinski definition) is 1.